The zero-order valence-electron chi connectivity index (χ0n) is 12.0. The summed E-state index contributed by atoms with van der Waals surface area (Å²) in [5.41, 5.74) is -0.138. The molecule has 3 nitrogen and oxygen atoms in total. The van der Waals surface area contributed by atoms with Crippen LogP contribution in [0, 0.1) is 5.92 Å². The molecule has 3 heterocycles. The quantitative estimate of drug-likeness (QED) is 0.922. The highest BCUT2D eigenvalue weighted by molar-refractivity contribution is 7.19. The van der Waals surface area contributed by atoms with Gasteiger partial charge in [-0.05, 0) is 36.3 Å². The largest absolute Gasteiger partial charge is 0.387 e. The maximum Gasteiger partial charge on any atom is 0.0940 e. The molecule has 21 heavy (non-hydrogen) atoms. The first-order chi connectivity index (χ1) is 10.3. The summed E-state index contributed by atoms with van der Waals surface area (Å²) in [6, 6.07) is 10.5. The number of ether oxygens (including phenoxy) is 2. The number of aliphatic hydroxyl groups excluding tert-OH is 1. The van der Waals surface area contributed by atoms with Gasteiger partial charge in [-0.2, -0.15) is 0 Å². The Bertz CT molecular complexity index is 597. The SMILES string of the molecule is OC(c1cc2ccccc2s1)C1CCOC2(CCOC2)C1. The van der Waals surface area contributed by atoms with E-state index in [4.69, 9.17) is 9.47 Å². The Morgan fingerprint density at radius 2 is 2.19 bits per heavy atom. The normalized spacial score (nSPS) is 31.0. The highest BCUT2D eigenvalue weighted by Crippen LogP contribution is 2.43. The third-order valence-corrected chi connectivity index (χ3v) is 5.97. The molecular weight excluding hydrogens is 284 g/mol. The van der Waals surface area contributed by atoms with Gasteiger partial charge >= 0.3 is 0 Å². The number of hydrogen-bond acceptors (Lipinski definition) is 4. The van der Waals surface area contributed by atoms with Crippen molar-refractivity contribution in [1.82, 2.24) is 0 Å². The molecule has 2 aliphatic heterocycles. The van der Waals surface area contributed by atoms with Crippen molar-refractivity contribution < 1.29 is 14.6 Å². The van der Waals surface area contributed by atoms with Gasteiger partial charge in [0.15, 0.2) is 0 Å². The van der Waals surface area contributed by atoms with Crippen molar-refractivity contribution >= 4 is 21.4 Å². The minimum absolute atomic E-state index is 0.138. The maximum atomic E-state index is 10.8. The van der Waals surface area contributed by atoms with Crippen molar-refractivity contribution in [3.05, 3.63) is 35.2 Å². The zero-order valence-corrected chi connectivity index (χ0v) is 12.8. The van der Waals surface area contributed by atoms with Crippen LogP contribution in [0.25, 0.3) is 10.1 Å². The first kappa shape index (κ1) is 13.7. The number of benzene rings is 1. The standard InChI is InChI=1S/C17H20O3S/c18-16(15-9-12-3-1-2-4-14(12)21-15)13-5-7-20-17(10-13)6-8-19-11-17/h1-4,9,13,16,18H,5-8,10-11H2. The van der Waals surface area contributed by atoms with Crippen LogP contribution >= 0.6 is 11.3 Å². The fraction of sp³-hybridized carbons (Fsp3) is 0.529. The maximum absolute atomic E-state index is 10.8. The molecular formula is C17H20O3S. The van der Waals surface area contributed by atoms with E-state index in [-0.39, 0.29) is 17.6 Å². The van der Waals surface area contributed by atoms with Gasteiger partial charge in [0.25, 0.3) is 0 Å². The fourth-order valence-electron chi connectivity index (χ4n) is 3.58. The molecule has 0 bridgehead atoms. The second kappa shape index (κ2) is 5.36. The van der Waals surface area contributed by atoms with Gasteiger partial charge in [0.1, 0.15) is 0 Å². The highest BCUT2D eigenvalue weighted by atomic mass is 32.1. The van der Waals surface area contributed by atoms with E-state index in [2.05, 4.69) is 18.2 Å². The molecule has 1 spiro atoms. The van der Waals surface area contributed by atoms with Crippen LogP contribution in [0.1, 0.15) is 30.2 Å². The lowest BCUT2D eigenvalue weighted by Crippen LogP contribution is -2.41. The molecule has 4 heteroatoms. The topological polar surface area (TPSA) is 38.7 Å². The van der Waals surface area contributed by atoms with Crippen LogP contribution in [0.15, 0.2) is 30.3 Å². The molecule has 0 radical (unpaired) electrons. The van der Waals surface area contributed by atoms with Gasteiger partial charge in [0, 0.05) is 29.2 Å². The molecule has 3 unspecified atom stereocenters. The second-order valence-corrected chi connectivity index (χ2v) is 7.33. The van der Waals surface area contributed by atoms with Gasteiger partial charge < -0.3 is 14.6 Å². The van der Waals surface area contributed by atoms with Crippen molar-refractivity contribution in [2.75, 3.05) is 19.8 Å². The van der Waals surface area contributed by atoms with E-state index in [0.717, 1.165) is 37.4 Å². The van der Waals surface area contributed by atoms with Crippen LogP contribution in [-0.2, 0) is 9.47 Å². The van der Waals surface area contributed by atoms with Crippen molar-refractivity contribution in [1.29, 1.82) is 0 Å². The van der Waals surface area contributed by atoms with Gasteiger partial charge in [-0.25, -0.2) is 0 Å². The minimum atomic E-state index is -0.385. The van der Waals surface area contributed by atoms with E-state index in [9.17, 15) is 5.11 Å². The van der Waals surface area contributed by atoms with Crippen molar-refractivity contribution in [3.63, 3.8) is 0 Å². The summed E-state index contributed by atoms with van der Waals surface area (Å²) in [6.07, 6.45) is 2.41. The van der Waals surface area contributed by atoms with Crippen LogP contribution in [0.5, 0.6) is 0 Å². The van der Waals surface area contributed by atoms with E-state index >= 15 is 0 Å². The Morgan fingerprint density at radius 3 is 3.00 bits per heavy atom. The number of hydrogen-bond donors (Lipinski definition) is 1. The minimum Gasteiger partial charge on any atom is -0.387 e. The second-order valence-electron chi connectivity index (χ2n) is 6.22. The molecule has 3 atom stereocenters. The van der Waals surface area contributed by atoms with Gasteiger partial charge in [0.05, 0.1) is 18.3 Å². The van der Waals surface area contributed by atoms with Gasteiger partial charge in [-0.1, -0.05) is 18.2 Å². The van der Waals surface area contributed by atoms with Crippen LogP contribution in [0.4, 0.5) is 0 Å². The smallest absolute Gasteiger partial charge is 0.0940 e. The number of fused-ring (bicyclic) bond motifs is 1. The molecule has 0 amide bonds. The molecule has 2 aromatic rings. The lowest BCUT2D eigenvalue weighted by molar-refractivity contribution is -0.116. The molecule has 4 rings (SSSR count). The lowest BCUT2D eigenvalue weighted by Gasteiger charge is -2.38. The van der Waals surface area contributed by atoms with E-state index < -0.39 is 0 Å². The third-order valence-electron chi connectivity index (χ3n) is 4.78. The Hall–Kier alpha value is -0.940. The predicted molar refractivity (Wildman–Crippen MR) is 83.6 cm³/mol. The average Bonchev–Trinajstić information content (AvgIpc) is 3.13. The predicted octanol–water partition coefficient (Wildman–Crippen LogP) is 3.52. The summed E-state index contributed by atoms with van der Waals surface area (Å²) < 4.78 is 12.7. The number of aliphatic hydroxyl groups is 1. The lowest BCUT2D eigenvalue weighted by atomic mass is 9.82. The van der Waals surface area contributed by atoms with Crippen molar-refractivity contribution in [2.24, 2.45) is 5.92 Å². The number of thiophene rings is 1. The molecule has 1 N–H and O–H groups in total. The molecule has 2 saturated heterocycles. The van der Waals surface area contributed by atoms with Crippen LogP contribution in [0.3, 0.4) is 0 Å². The van der Waals surface area contributed by atoms with Crippen molar-refractivity contribution in [3.8, 4) is 0 Å². The summed E-state index contributed by atoms with van der Waals surface area (Å²) in [4.78, 5) is 1.08. The van der Waals surface area contributed by atoms with Crippen LogP contribution in [-0.4, -0.2) is 30.5 Å². The fourth-order valence-corrected chi connectivity index (χ4v) is 4.72. The molecule has 0 saturated carbocycles. The molecule has 1 aromatic heterocycles. The zero-order chi connectivity index (χ0) is 14.3. The van der Waals surface area contributed by atoms with Gasteiger partial charge in [-0.15, -0.1) is 11.3 Å². The Morgan fingerprint density at radius 1 is 1.29 bits per heavy atom. The van der Waals surface area contributed by atoms with Crippen LogP contribution < -0.4 is 0 Å². The highest BCUT2D eigenvalue weighted by Gasteiger charge is 2.43. The summed E-state index contributed by atoms with van der Waals surface area (Å²) in [6.45, 7) is 2.20. The first-order valence-corrected chi connectivity index (χ1v) is 8.46. The Labute approximate surface area is 128 Å². The average molecular weight is 304 g/mol. The van der Waals surface area contributed by atoms with E-state index in [1.54, 1.807) is 11.3 Å². The van der Waals surface area contributed by atoms with E-state index in [1.807, 2.05) is 12.1 Å². The Balaban J connectivity index is 1.57. The third kappa shape index (κ3) is 2.50. The molecule has 112 valence electrons. The first-order valence-electron chi connectivity index (χ1n) is 7.64. The summed E-state index contributed by atoms with van der Waals surface area (Å²) >= 11 is 1.71. The summed E-state index contributed by atoms with van der Waals surface area (Å²) in [7, 11) is 0. The summed E-state index contributed by atoms with van der Waals surface area (Å²) in [5, 5.41) is 12.0. The molecule has 2 fully saturated rings. The monoisotopic (exact) mass is 304 g/mol. The van der Waals surface area contributed by atoms with E-state index in [0.29, 0.717) is 6.61 Å². The Kier molecular flexibility index (Phi) is 3.50. The van der Waals surface area contributed by atoms with Gasteiger partial charge in [-0.3, -0.25) is 0 Å². The van der Waals surface area contributed by atoms with Crippen molar-refractivity contribution in [2.45, 2.75) is 31.0 Å². The summed E-state index contributed by atoms with van der Waals surface area (Å²) in [5.74, 6) is 0.272. The molecule has 1 aromatic carbocycles. The molecule has 2 aliphatic rings. The van der Waals surface area contributed by atoms with Gasteiger partial charge in [0.2, 0.25) is 0 Å². The van der Waals surface area contributed by atoms with Crippen LogP contribution in [0.2, 0.25) is 0 Å². The number of rotatable bonds is 2. The van der Waals surface area contributed by atoms with E-state index in [1.165, 1.54) is 10.1 Å². The molecule has 0 aliphatic carbocycles.